The zero-order valence-electron chi connectivity index (χ0n) is 12.8. The number of rotatable bonds is 8. The molecule has 1 aromatic carbocycles. The average molecular weight is 303 g/mol. The van der Waals surface area contributed by atoms with Crippen LogP contribution in [-0.2, 0) is 4.74 Å². The monoisotopic (exact) mass is 303 g/mol. The van der Waals surface area contributed by atoms with Gasteiger partial charge in [0, 0.05) is 19.2 Å². The highest BCUT2D eigenvalue weighted by Crippen LogP contribution is 2.21. The van der Waals surface area contributed by atoms with Crippen molar-refractivity contribution in [2.24, 2.45) is 0 Å². The predicted molar refractivity (Wildman–Crippen MR) is 78.5 cm³/mol. The first kappa shape index (κ1) is 18.0. The molecule has 1 atom stereocenters. The van der Waals surface area contributed by atoms with Gasteiger partial charge < -0.3 is 10.1 Å². The van der Waals surface area contributed by atoms with E-state index in [-0.39, 0.29) is 12.5 Å². The van der Waals surface area contributed by atoms with Crippen LogP contribution in [0.2, 0.25) is 0 Å². The second-order valence-electron chi connectivity index (χ2n) is 5.63. The molecule has 1 rings (SSSR count). The van der Waals surface area contributed by atoms with Crippen molar-refractivity contribution in [1.29, 1.82) is 0 Å². The van der Waals surface area contributed by atoms with Gasteiger partial charge >= 0.3 is 6.18 Å². The third kappa shape index (κ3) is 8.07. The minimum absolute atomic E-state index is 0.109. The molecule has 0 radical (unpaired) electrons. The van der Waals surface area contributed by atoms with Gasteiger partial charge in [-0.25, -0.2) is 0 Å². The molecule has 0 aliphatic carbocycles. The number of halogens is 3. The van der Waals surface area contributed by atoms with Crippen LogP contribution in [0.1, 0.15) is 37.3 Å². The number of ether oxygens (including phenoxy) is 1. The van der Waals surface area contributed by atoms with Gasteiger partial charge in [-0.05, 0) is 24.8 Å². The number of nitrogens with one attached hydrogen (secondary N) is 1. The summed E-state index contributed by atoms with van der Waals surface area (Å²) in [6, 6.07) is 8.42. The van der Waals surface area contributed by atoms with Crippen molar-refractivity contribution >= 4 is 0 Å². The van der Waals surface area contributed by atoms with Crippen molar-refractivity contribution in [3.63, 3.8) is 0 Å². The van der Waals surface area contributed by atoms with Crippen LogP contribution in [0.15, 0.2) is 24.3 Å². The summed E-state index contributed by atoms with van der Waals surface area (Å²) >= 11 is 0. The van der Waals surface area contributed by atoms with Crippen molar-refractivity contribution in [3.05, 3.63) is 35.4 Å². The Morgan fingerprint density at radius 2 is 1.95 bits per heavy atom. The number of hydrogen-bond donors (Lipinski definition) is 1. The second-order valence-corrected chi connectivity index (χ2v) is 5.63. The molecule has 5 heteroatoms. The molecule has 0 saturated heterocycles. The Kier molecular flexibility index (Phi) is 7.18. The Morgan fingerprint density at radius 3 is 2.52 bits per heavy atom. The van der Waals surface area contributed by atoms with Crippen LogP contribution in [0, 0.1) is 6.92 Å². The van der Waals surface area contributed by atoms with Crippen molar-refractivity contribution < 1.29 is 17.9 Å². The normalized spacial score (nSPS) is 13.7. The summed E-state index contributed by atoms with van der Waals surface area (Å²) in [5.41, 5.74) is 2.29. The summed E-state index contributed by atoms with van der Waals surface area (Å²) in [6.07, 6.45) is -3.69. The number of benzene rings is 1. The van der Waals surface area contributed by atoms with Gasteiger partial charge in [0.2, 0.25) is 0 Å². The van der Waals surface area contributed by atoms with E-state index in [1.54, 1.807) is 0 Å². The van der Waals surface area contributed by atoms with E-state index >= 15 is 0 Å². The molecule has 0 aromatic heterocycles. The number of alkyl halides is 3. The van der Waals surface area contributed by atoms with E-state index in [0.717, 1.165) is 17.7 Å². The Bertz CT molecular complexity index is 418. The van der Waals surface area contributed by atoms with Gasteiger partial charge in [0.15, 0.2) is 0 Å². The van der Waals surface area contributed by atoms with Crippen molar-refractivity contribution in [2.45, 2.75) is 45.3 Å². The predicted octanol–water partition coefficient (Wildman–Crippen LogP) is 4.05. The van der Waals surface area contributed by atoms with E-state index in [2.05, 4.69) is 11.4 Å². The Morgan fingerprint density at radius 1 is 1.24 bits per heavy atom. The molecular formula is C16H24F3NO. The van der Waals surface area contributed by atoms with E-state index in [1.807, 2.05) is 39.0 Å². The van der Waals surface area contributed by atoms with E-state index in [0.29, 0.717) is 12.5 Å². The van der Waals surface area contributed by atoms with Crippen LogP contribution >= 0.6 is 0 Å². The standard InChI is InChI=1S/C16H24F3NO/c1-12(2)20-10-15(7-8-21-11-16(17,18)19)14-6-4-5-13(3)9-14/h4-6,9,12,15,20H,7-8,10-11H2,1-3H3. The summed E-state index contributed by atoms with van der Waals surface area (Å²) in [5.74, 6) is 0.153. The quantitative estimate of drug-likeness (QED) is 0.732. The fourth-order valence-corrected chi connectivity index (χ4v) is 2.10. The zero-order chi connectivity index (χ0) is 15.9. The van der Waals surface area contributed by atoms with Gasteiger partial charge in [-0.1, -0.05) is 43.7 Å². The zero-order valence-corrected chi connectivity index (χ0v) is 12.8. The molecule has 0 aliphatic heterocycles. The van der Waals surface area contributed by atoms with Gasteiger partial charge in [-0.2, -0.15) is 13.2 Å². The fourth-order valence-electron chi connectivity index (χ4n) is 2.10. The van der Waals surface area contributed by atoms with Crippen LogP contribution < -0.4 is 5.32 Å². The Balaban J connectivity index is 2.56. The first-order valence-electron chi connectivity index (χ1n) is 7.22. The minimum atomic E-state index is -4.25. The largest absolute Gasteiger partial charge is 0.411 e. The van der Waals surface area contributed by atoms with Gasteiger partial charge in [0.25, 0.3) is 0 Å². The molecule has 1 aromatic rings. The lowest BCUT2D eigenvalue weighted by Crippen LogP contribution is -2.29. The molecule has 21 heavy (non-hydrogen) atoms. The smallest absolute Gasteiger partial charge is 0.372 e. The SMILES string of the molecule is Cc1cccc(C(CCOCC(F)(F)F)CNC(C)C)c1. The molecule has 0 fully saturated rings. The van der Waals surface area contributed by atoms with Crippen molar-refractivity contribution in [2.75, 3.05) is 19.8 Å². The van der Waals surface area contributed by atoms with Crippen molar-refractivity contribution in [1.82, 2.24) is 5.32 Å². The molecule has 0 heterocycles. The third-order valence-corrected chi connectivity index (χ3v) is 3.16. The van der Waals surface area contributed by atoms with Crippen LogP contribution in [0.3, 0.4) is 0 Å². The third-order valence-electron chi connectivity index (χ3n) is 3.16. The maximum absolute atomic E-state index is 12.1. The molecule has 1 unspecified atom stereocenters. The van der Waals surface area contributed by atoms with Crippen molar-refractivity contribution in [3.8, 4) is 0 Å². The summed E-state index contributed by atoms with van der Waals surface area (Å²) < 4.78 is 41.0. The maximum atomic E-state index is 12.1. The summed E-state index contributed by atoms with van der Waals surface area (Å²) in [7, 11) is 0. The van der Waals surface area contributed by atoms with Crippen LogP contribution in [0.5, 0.6) is 0 Å². The van der Waals surface area contributed by atoms with Crippen LogP contribution in [0.4, 0.5) is 13.2 Å². The van der Waals surface area contributed by atoms with Crippen LogP contribution in [-0.4, -0.2) is 32.0 Å². The lowest BCUT2D eigenvalue weighted by molar-refractivity contribution is -0.174. The minimum Gasteiger partial charge on any atom is -0.372 e. The Labute approximate surface area is 124 Å². The second kappa shape index (κ2) is 8.39. The van der Waals surface area contributed by atoms with E-state index in [9.17, 15) is 13.2 Å². The molecule has 0 aliphatic rings. The highest BCUT2D eigenvalue weighted by atomic mass is 19.4. The molecular weight excluding hydrogens is 279 g/mol. The maximum Gasteiger partial charge on any atom is 0.411 e. The highest BCUT2D eigenvalue weighted by Gasteiger charge is 2.27. The molecule has 0 spiro atoms. The fraction of sp³-hybridized carbons (Fsp3) is 0.625. The van der Waals surface area contributed by atoms with Gasteiger partial charge in [-0.3, -0.25) is 0 Å². The number of aryl methyl sites for hydroxylation is 1. The molecule has 0 bridgehead atoms. The van der Waals surface area contributed by atoms with Gasteiger partial charge in [-0.15, -0.1) is 0 Å². The van der Waals surface area contributed by atoms with Gasteiger partial charge in [0.05, 0.1) is 0 Å². The Hall–Kier alpha value is -1.07. The van der Waals surface area contributed by atoms with E-state index < -0.39 is 12.8 Å². The molecule has 120 valence electrons. The van der Waals surface area contributed by atoms with Crippen LogP contribution in [0.25, 0.3) is 0 Å². The lowest BCUT2D eigenvalue weighted by Gasteiger charge is -2.20. The average Bonchev–Trinajstić information content (AvgIpc) is 2.36. The summed E-state index contributed by atoms with van der Waals surface area (Å²) in [5, 5.41) is 3.34. The molecule has 1 N–H and O–H groups in total. The lowest BCUT2D eigenvalue weighted by atomic mass is 9.94. The number of hydrogen-bond acceptors (Lipinski definition) is 2. The molecule has 2 nitrogen and oxygen atoms in total. The topological polar surface area (TPSA) is 21.3 Å². The summed E-state index contributed by atoms with van der Waals surface area (Å²) in [4.78, 5) is 0. The first-order valence-corrected chi connectivity index (χ1v) is 7.22. The van der Waals surface area contributed by atoms with E-state index in [1.165, 1.54) is 0 Å². The molecule has 0 amide bonds. The highest BCUT2D eigenvalue weighted by molar-refractivity contribution is 5.25. The molecule has 0 saturated carbocycles. The summed E-state index contributed by atoms with van der Waals surface area (Å²) in [6.45, 7) is 5.77. The van der Waals surface area contributed by atoms with E-state index in [4.69, 9.17) is 4.74 Å². The van der Waals surface area contributed by atoms with Gasteiger partial charge in [0.1, 0.15) is 6.61 Å². The first-order chi connectivity index (χ1) is 9.78.